The van der Waals surface area contributed by atoms with Crippen molar-refractivity contribution in [2.75, 3.05) is 0 Å². The van der Waals surface area contributed by atoms with E-state index in [9.17, 15) is 0 Å². The SMILES string of the molecule is C=C(/C=C/C[Si](C)(C)C)CCC. The van der Waals surface area contributed by atoms with Gasteiger partial charge in [-0.2, -0.15) is 0 Å². The monoisotopic (exact) mass is 182 g/mol. The number of allylic oxidation sites excluding steroid dienone is 3. The Labute approximate surface area is 78.4 Å². The Morgan fingerprint density at radius 2 is 1.92 bits per heavy atom. The fraction of sp³-hybridized carbons (Fsp3) is 0.636. The molecule has 0 aliphatic heterocycles. The molecule has 0 spiro atoms. The molecule has 0 aromatic rings. The Hall–Kier alpha value is -0.303. The third kappa shape index (κ3) is 7.80. The van der Waals surface area contributed by atoms with Crippen LogP contribution in [0.2, 0.25) is 25.7 Å². The summed E-state index contributed by atoms with van der Waals surface area (Å²) in [6.07, 6.45) is 6.84. The second-order valence-corrected chi connectivity index (χ2v) is 10.1. The summed E-state index contributed by atoms with van der Waals surface area (Å²) in [5.41, 5.74) is 1.27. The van der Waals surface area contributed by atoms with E-state index in [-0.39, 0.29) is 0 Å². The smallest absolute Gasteiger partial charge is 0.0480 e. The predicted molar refractivity (Wildman–Crippen MR) is 61.3 cm³/mol. The molecule has 12 heavy (non-hydrogen) atoms. The lowest BCUT2D eigenvalue weighted by molar-refractivity contribution is 0.929. The molecule has 0 aromatic carbocycles. The Morgan fingerprint density at radius 1 is 1.33 bits per heavy atom. The minimum Gasteiger partial charge on any atom is -0.0958 e. The van der Waals surface area contributed by atoms with Crippen molar-refractivity contribution in [2.45, 2.75) is 45.5 Å². The summed E-state index contributed by atoms with van der Waals surface area (Å²) in [6, 6.07) is 1.27. The first-order valence-corrected chi connectivity index (χ1v) is 8.51. The molecule has 0 rings (SSSR count). The van der Waals surface area contributed by atoms with Crippen molar-refractivity contribution in [3.8, 4) is 0 Å². The molecule has 70 valence electrons. The van der Waals surface area contributed by atoms with Crippen LogP contribution >= 0.6 is 0 Å². The molecule has 0 aliphatic carbocycles. The van der Waals surface area contributed by atoms with E-state index in [0.717, 1.165) is 6.42 Å². The van der Waals surface area contributed by atoms with Gasteiger partial charge in [-0.3, -0.25) is 0 Å². The second kappa shape index (κ2) is 5.36. The summed E-state index contributed by atoms with van der Waals surface area (Å²) in [4.78, 5) is 0. The molecule has 0 atom stereocenters. The Bertz CT molecular complexity index is 160. The molecule has 0 unspecified atom stereocenters. The normalized spacial score (nSPS) is 12.3. The molecule has 1 heteroatoms. The molecule has 0 aliphatic rings. The fourth-order valence-corrected chi connectivity index (χ4v) is 1.81. The molecule has 0 nitrogen and oxygen atoms in total. The van der Waals surface area contributed by atoms with Crippen LogP contribution < -0.4 is 0 Å². The molecule has 0 heterocycles. The van der Waals surface area contributed by atoms with E-state index in [1.165, 1.54) is 18.0 Å². The maximum atomic E-state index is 3.99. The lowest BCUT2D eigenvalue weighted by Gasteiger charge is -2.11. The van der Waals surface area contributed by atoms with E-state index in [2.05, 4.69) is 45.3 Å². The quantitative estimate of drug-likeness (QED) is 0.441. The number of hydrogen-bond donors (Lipinski definition) is 0. The third-order valence-corrected chi connectivity index (χ3v) is 3.12. The number of rotatable bonds is 5. The molecule has 0 aromatic heterocycles. The minimum absolute atomic E-state index is 0.875. The molecular formula is C11H22Si. The van der Waals surface area contributed by atoms with Crippen LogP contribution in [0.15, 0.2) is 24.3 Å². The van der Waals surface area contributed by atoms with E-state index in [1.807, 2.05) is 0 Å². The zero-order valence-corrected chi connectivity index (χ0v) is 9.98. The first kappa shape index (κ1) is 11.7. The zero-order chi connectivity index (χ0) is 9.61. The van der Waals surface area contributed by atoms with E-state index < -0.39 is 8.07 Å². The van der Waals surface area contributed by atoms with Crippen LogP contribution in [0, 0.1) is 0 Å². The highest BCUT2D eigenvalue weighted by Gasteiger charge is 2.09. The molecule has 0 radical (unpaired) electrons. The van der Waals surface area contributed by atoms with Gasteiger partial charge in [0.2, 0.25) is 0 Å². The Morgan fingerprint density at radius 3 is 2.33 bits per heavy atom. The van der Waals surface area contributed by atoms with E-state index in [0.29, 0.717) is 0 Å². The van der Waals surface area contributed by atoms with E-state index in [1.54, 1.807) is 0 Å². The summed E-state index contributed by atoms with van der Waals surface area (Å²) in [7, 11) is -0.875. The highest BCUT2D eigenvalue weighted by molar-refractivity contribution is 6.76. The summed E-state index contributed by atoms with van der Waals surface area (Å²) in [5, 5.41) is 0. The molecule has 0 saturated carbocycles. The third-order valence-electron chi connectivity index (χ3n) is 1.65. The van der Waals surface area contributed by atoms with Crippen LogP contribution in [0.1, 0.15) is 19.8 Å². The van der Waals surface area contributed by atoms with Crippen LogP contribution in [0.25, 0.3) is 0 Å². The molecule has 0 fully saturated rings. The minimum atomic E-state index is -0.875. The topological polar surface area (TPSA) is 0 Å². The van der Waals surface area contributed by atoms with Crippen LogP contribution in [0.3, 0.4) is 0 Å². The fourth-order valence-electron chi connectivity index (χ4n) is 0.984. The zero-order valence-electron chi connectivity index (χ0n) is 8.98. The first-order chi connectivity index (χ1) is 5.45. The predicted octanol–water partition coefficient (Wildman–Crippen LogP) is 4.24. The molecular weight excluding hydrogens is 160 g/mol. The van der Waals surface area contributed by atoms with Gasteiger partial charge in [0.05, 0.1) is 0 Å². The average Bonchev–Trinajstić information content (AvgIpc) is 1.84. The van der Waals surface area contributed by atoms with Gasteiger partial charge in [-0.05, 0) is 12.5 Å². The van der Waals surface area contributed by atoms with Gasteiger partial charge >= 0.3 is 0 Å². The summed E-state index contributed by atoms with van der Waals surface area (Å²) >= 11 is 0. The van der Waals surface area contributed by atoms with Crippen molar-refractivity contribution < 1.29 is 0 Å². The van der Waals surface area contributed by atoms with Crippen molar-refractivity contribution in [1.82, 2.24) is 0 Å². The van der Waals surface area contributed by atoms with E-state index >= 15 is 0 Å². The van der Waals surface area contributed by atoms with Crippen LogP contribution in [0.4, 0.5) is 0 Å². The average molecular weight is 182 g/mol. The van der Waals surface area contributed by atoms with Crippen LogP contribution in [-0.2, 0) is 0 Å². The number of hydrogen-bond acceptors (Lipinski definition) is 0. The van der Waals surface area contributed by atoms with Crippen molar-refractivity contribution in [1.29, 1.82) is 0 Å². The van der Waals surface area contributed by atoms with Gasteiger partial charge in [-0.1, -0.05) is 57.3 Å². The van der Waals surface area contributed by atoms with Gasteiger partial charge in [0, 0.05) is 8.07 Å². The summed E-state index contributed by atoms with van der Waals surface area (Å²) in [5.74, 6) is 0. The van der Waals surface area contributed by atoms with Gasteiger partial charge in [0.25, 0.3) is 0 Å². The maximum Gasteiger partial charge on any atom is 0.0480 e. The molecule has 0 bridgehead atoms. The van der Waals surface area contributed by atoms with Crippen molar-refractivity contribution >= 4 is 8.07 Å². The molecule has 0 amide bonds. The van der Waals surface area contributed by atoms with Crippen LogP contribution in [-0.4, -0.2) is 8.07 Å². The second-order valence-electron chi connectivity index (χ2n) is 4.58. The first-order valence-electron chi connectivity index (χ1n) is 4.80. The maximum absolute atomic E-state index is 3.99. The molecule has 0 saturated heterocycles. The van der Waals surface area contributed by atoms with Gasteiger partial charge in [0.15, 0.2) is 0 Å². The van der Waals surface area contributed by atoms with Crippen LogP contribution in [0.5, 0.6) is 0 Å². The van der Waals surface area contributed by atoms with Crippen molar-refractivity contribution in [3.05, 3.63) is 24.3 Å². The lowest BCUT2D eigenvalue weighted by atomic mass is 10.2. The summed E-state index contributed by atoms with van der Waals surface area (Å²) < 4.78 is 0. The highest BCUT2D eigenvalue weighted by Crippen LogP contribution is 2.10. The van der Waals surface area contributed by atoms with Gasteiger partial charge < -0.3 is 0 Å². The van der Waals surface area contributed by atoms with Crippen molar-refractivity contribution in [3.63, 3.8) is 0 Å². The van der Waals surface area contributed by atoms with Gasteiger partial charge in [-0.25, -0.2) is 0 Å². The van der Waals surface area contributed by atoms with Gasteiger partial charge in [-0.15, -0.1) is 0 Å². The summed E-state index contributed by atoms with van der Waals surface area (Å²) in [6.45, 7) is 13.4. The molecule has 0 N–H and O–H groups in total. The standard InChI is InChI=1S/C11H22Si/c1-6-8-11(2)9-7-10-12(3,4)5/h7,9H,2,6,8,10H2,1,3-5H3/b9-7+. The van der Waals surface area contributed by atoms with E-state index in [4.69, 9.17) is 0 Å². The Balaban J connectivity index is 3.69. The van der Waals surface area contributed by atoms with Crippen molar-refractivity contribution in [2.24, 2.45) is 0 Å². The highest BCUT2D eigenvalue weighted by atomic mass is 28.3. The van der Waals surface area contributed by atoms with Gasteiger partial charge in [0.1, 0.15) is 0 Å². The lowest BCUT2D eigenvalue weighted by Crippen LogP contribution is -2.17. The Kier molecular flexibility index (Phi) is 5.23. The largest absolute Gasteiger partial charge is 0.0958 e.